The second-order valence-electron chi connectivity index (χ2n) is 5.17. The lowest BCUT2D eigenvalue weighted by atomic mass is 10.0. The molecule has 2 heteroatoms. The standard InChI is InChI=1S/C14H19NO/c16-14(7-8-14)13-6-2-1-5-12(13)11-15-9-3-4-10-15/h1-2,5-6,16H,3-4,7-11H2. The van der Waals surface area contributed by atoms with Crippen molar-refractivity contribution in [3.05, 3.63) is 35.4 Å². The van der Waals surface area contributed by atoms with Gasteiger partial charge in [0.25, 0.3) is 0 Å². The first-order valence-electron chi connectivity index (χ1n) is 6.31. The minimum Gasteiger partial charge on any atom is -0.385 e. The topological polar surface area (TPSA) is 23.5 Å². The smallest absolute Gasteiger partial charge is 0.0902 e. The first-order valence-corrected chi connectivity index (χ1v) is 6.31. The predicted molar refractivity (Wildman–Crippen MR) is 64.1 cm³/mol. The Morgan fingerprint density at radius 2 is 1.81 bits per heavy atom. The van der Waals surface area contributed by atoms with Gasteiger partial charge in [-0.2, -0.15) is 0 Å². The average Bonchev–Trinajstić information content (AvgIpc) is 2.84. The molecule has 1 aromatic carbocycles. The molecule has 0 unspecified atom stereocenters. The minimum absolute atomic E-state index is 0.490. The van der Waals surface area contributed by atoms with Crippen molar-refractivity contribution >= 4 is 0 Å². The summed E-state index contributed by atoms with van der Waals surface area (Å²) in [4.78, 5) is 2.49. The van der Waals surface area contributed by atoms with Gasteiger partial charge in [0.2, 0.25) is 0 Å². The van der Waals surface area contributed by atoms with Crippen LogP contribution in [0.3, 0.4) is 0 Å². The number of aliphatic hydroxyl groups is 1. The lowest BCUT2D eigenvalue weighted by Crippen LogP contribution is -2.21. The molecule has 0 radical (unpaired) electrons. The van der Waals surface area contributed by atoms with E-state index in [1.54, 1.807) is 0 Å². The zero-order valence-corrected chi connectivity index (χ0v) is 9.65. The van der Waals surface area contributed by atoms with Gasteiger partial charge in [-0.3, -0.25) is 4.90 Å². The number of nitrogens with zero attached hydrogens (tertiary/aromatic N) is 1. The van der Waals surface area contributed by atoms with Crippen molar-refractivity contribution in [2.75, 3.05) is 13.1 Å². The molecule has 1 heterocycles. The molecule has 1 N–H and O–H groups in total. The Bertz CT molecular complexity index is 378. The van der Waals surface area contributed by atoms with Crippen LogP contribution in [-0.2, 0) is 12.1 Å². The normalized spacial score (nSPS) is 23.6. The number of rotatable bonds is 3. The van der Waals surface area contributed by atoms with Gasteiger partial charge < -0.3 is 5.11 Å². The van der Waals surface area contributed by atoms with Gasteiger partial charge in [0.05, 0.1) is 5.60 Å². The molecule has 1 aliphatic heterocycles. The molecule has 2 nitrogen and oxygen atoms in total. The first kappa shape index (κ1) is 10.3. The van der Waals surface area contributed by atoms with Crippen molar-refractivity contribution < 1.29 is 5.11 Å². The minimum atomic E-state index is -0.490. The molecule has 3 rings (SSSR count). The monoisotopic (exact) mass is 217 g/mol. The molecule has 2 aliphatic rings. The highest BCUT2D eigenvalue weighted by atomic mass is 16.3. The Morgan fingerprint density at radius 1 is 1.12 bits per heavy atom. The van der Waals surface area contributed by atoms with Gasteiger partial charge in [0, 0.05) is 6.54 Å². The zero-order chi connectivity index (χ0) is 11.0. The summed E-state index contributed by atoms with van der Waals surface area (Å²) in [5.74, 6) is 0. The maximum absolute atomic E-state index is 10.2. The van der Waals surface area contributed by atoms with Gasteiger partial charge in [-0.25, -0.2) is 0 Å². The van der Waals surface area contributed by atoms with Crippen molar-refractivity contribution in [3.63, 3.8) is 0 Å². The highest BCUT2D eigenvalue weighted by Gasteiger charge is 2.43. The van der Waals surface area contributed by atoms with Crippen molar-refractivity contribution in [3.8, 4) is 0 Å². The molecular weight excluding hydrogens is 198 g/mol. The number of hydrogen-bond donors (Lipinski definition) is 1. The van der Waals surface area contributed by atoms with Crippen molar-refractivity contribution in [1.29, 1.82) is 0 Å². The summed E-state index contributed by atoms with van der Waals surface area (Å²) >= 11 is 0. The molecule has 86 valence electrons. The van der Waals surface area contributed by atoms with Crippen molar-refractivity contribution in [2.24, 2.45) is 0 Å². The van der Waals surface area contributed by atoms with Crippen LogP contribution < -0.4 is 0 Å². The Kier molecular flexibility index (Phi) is 2.49. The van der Waals surface area contributed by atoms with Gasteiger partial charge in [0.15, 0.2) is 0 Å². The van der Waals surface area contributed by atoms with E-state index in [-0.39, 0.29) is 0 Å². The molecule has 0 bridgehead atoms. The summed E-state index contributed by atoms with van der Waals surface area (Å²) < 4.78 is 0. The molecule has 0 spiro atoms. The summed E-state index contributed by atoms with van der Waals surface area (Å²) in [6.45, 7) is 3.44. The van der Waals surface area contributed by atoms with E-state index in [1.165, 1.54) is 37.1 Å². The van der Waals surface area contributed by atoms with E-state index in [9.17, 15) is 5.11 Å². The van der Waals surface area contributed by atoms with E-state index in [4.69, 9.17) is 0 Å². The Balaban J connectivity index is 1.82. The number of hydrogen-bond acceptors (Lipinski definition) is 2. The van der Waals surface area contributed by atoms with Gasteiger partial charge >= 0.3 is 0 Å². The Hall–Kier alpha value is -0.860. The van der Waals surface area contributed by atoms with E-state index in [1.807, 2.05) is 6.07 Å². The van der Waals surface area contributed by atoms with Crippen LogP contribution in [0.15, 0.2) is 24.3 Å². The molecule has 0 aromatic heterocycles. The fourth-order valence-electron chi connectivity index (χ4n) is 2.68. The van der Waals surface area contributed by atoms with Gasteiger partial charge in [-0.05, 0) is 49.9 Å². The lowest BCUT2D eigenvalue weighted by Gasteiger charge is -2.19. The van der Waals surface area contributed by atoms with Crippen LogP contribution in [0.1, 0.15) is 36.8 Å². The third-order valence-electron chi connectivity index (χ3n) is 3.83. The predicted octanol–water partition coefficient (Wildman–Crippen LogP) is 2.26. The van der Waals surface area contributed by atoms with Crippen LogP contribution in [0, 0.1) is 0 Å². The third kappa shape index (κ3) is 1.87. The Morgan fingerprint density at radius 3 is 2.50 bits per heavy atom. The second-order valence-corrected chi connectivity index (χ2v) is 5.17. The largest absolute Gasteiger partial charge is 0.385 e. The molecule has 1 aromatic rings. The van der Waals surface area contributed by atoms with Crippen molar-refractivity contribution in [1.82, 2.24) is 4.90 Å². The molecule has 0 atom stereocenters. The van der Waals surface area contributed by atoms with Crippen LogP contribution in [0.2, 0.25) is 0 Å². The number of benzene rings is 1. The summed E-state index contributed by atoms with van der Waals surface area (Å²) in [5, 5.41) is 10.2. The molecular formula is C14H19NO. The zero-order valence-electron chi connectivity index (χ0n) is 9.65. The average molecular weight is 217 g/mol. The molecule has 2 fully saturated rings. The third-order valence-corrected chi connectivity index (χ3v) is 3.83. The van der Waals surface area contributed by atoms with Crippen LogP contribution in [0.25, 0.3) is 0 Å². The van der Waals surface area contributed by atoms with Crippen LogP contribution >= 0.6 is 0 Å². The molecule has 1 saturated carbocycles. The van der Waals surface area contributed by atoms with Crippen LogP contribution in [0.5, 0.6) is 0 Å². The summed E-state index contributed by atoms with van der Waals surface area (Å²) in [7, 11) is 0. The quantitative estimate of drug-likeness (QED) is 0.839. The Labute approximate surface area is 96.9 Å². The van der Waals surface area contributed by atoms with Crippen LogP contribution in [-0.4, -0.2) is 23.1 Å². The molecule has 0 amide bonds. The van der Waals surface area contributed by atoms with Gasteiger partial charge in [-0.15, -0.1) is 0 Å². The number of likely N-dealkylation sites (tertiary alicyclic amines) is 1. The summed E-state index contributed by atoms with van der Waals surface area (Å²) in [6.07, 6.45) is 4.52. The first-order chi connectivity index (χ1) is 7.78. The SMILES string of the molecule is OC1(c2ccccc2CN2CCCC2)CC1. The molecule has 16 heavy (non-hydrogen) atoms. The van der Waals surface area contributed by atoms with E-state index >= 15 is 0 Å². The maximum Gasteiger partial charge on any atom is 0.0902 e. The molecule has 1 aliphatic carbocycles. The lowest BCUT2D eigenvalue weighted by molar-refractivity contribution is 0.149. The van der Waals surface area contributed by atoms with E-state index < -0.39 is 5.60 Å². The highest BCUT2D eigenvalue weighted by Crippen LogP contribution is 2.46. The van der Waals surface area contributed by atoms with E-state index in [0.717, 1.165) is 19.4 Å². The summed E-state index contributed by atoms with van der Waals surface area (Å²) in [5.41, 5.74) is 2.00. The molecule has 1 saturated heterocycles. The van der Waals surface area contributed by atoms with Gasteiger partial charge in [0.1, 0.15) is 0 Å². The summed E-state index contributed by atoms with van der Waals surface area (Å²) in [6, 6.07) is 8.39. The van der Waals surface area contributed by atoms with Crippen molar-refractivity contribution in [2.45, 2.75) is 37.8 Å². The fourth-order valence-corrected chi connectivity index (χ4v) is 2.68. The van der Waals surface area contributed by atoms with E-state index in [2.05, 4.69) is 23.1 Å². The van der Waals surface area contributed by atoms with Crippen LogP contribution in [0.4, 0.5) is 0 Å². The van der Waals surface area contributed by atoms with Gasteiger partial charge in [-0.1, -0.05) is 24.3 Å². The highest BCUT2D eigenvalue weighted by molar-refractivity contribution is 5.35. The second kappa shape index (κ2) is 3.86. The van der Waals surface area contributed by atoms with E-state index in [0.29, 0.717) is 0 Å². The maximum atomic E-state index is 10.2. The fraction of sp³-hybridized carbons (Fsp3) is 0.571.